The lowest BCUT2D eigenvalue weighted by molar-refractivity contribution is -0.140. The normalized spacial score (nSPS) is 11.9. The van der Waals surface area contributed by atoms with Gasteiger partial charge in [0.15, 0.2) is 5.65 Å². The third-order valence-corrected chi connectivity index (χ3v) is 3.84. The molecular weight excluding hydrogens is 335 g/mol. The molecule has 25 heavy (non-hydrogen) atoms. The van der Waals surface area contributed by atoms with Crippen molar-refractivity contribution in [2.45, 2.75) is 25.9 Å². The first-order valence-electron chi connectivity index (χ1n) is 7.71. The first-order valence-corrected chi connectivity index (χ1v) is 7.71. The SMILES string of the molecule is CCCc1cc(=O)n2[nH]c(C(F)(F)F)c(-c3ccc(OC)cc3)c2n1. The third-order valence-electron chi connectivity index (χ3n) is 3.84. The molecular formula is C17H16F3N3O2. The number of aromatic nitrogens is 3. The average molecular weight is 351 g/mol. The highest BCUT2D eigenvalue weighted by Gasteiger charge is 2.38. The van der Waals surface area contributed by atoms with E-state index in [9.17, 15) is 18.0 Å². The first-order chi connectivity index (χ1) is 11.8. The number of benzene rings is 1. The molecule has 1 N–H and O–H groups in total. The van der Waals surface area contributed by atoms with Gasteiger partial charge in [-0.2, -0.15) is 13.2 Å². The number of methoxy groups -OCH3 is 1. The summed E-state index contributed by atoms with van der Waals surface area (Å²) in [6.07, 6.45) is -3.41. The van der Waals surface area contributed by atoms with Gasteiger partial charge in [-0.3, -0.25) is 9.89 Å². The predicted octanol–water partition coefficient (Wildman–Crippen LogP) is 3.67. The van der Waals surface area contributed by atoms with Crippen molar-refractivity contribution in [1.29, 1.82) is 0 Å². The Morgan fingerprint density at radius 2 is 1.92 bits per heavy atom. The Hall–Kier alpha value is -2.77. The number of fused-ring (bicyclic) bond motifs is 1. The van der Waals surface area contributed by atoms with E-state index in [1.165, 1.54) is 25.3 Å². The molecule has 3 rings (SSSR count). The number of rotatable bonds is 4. The molecule has 2 heterocycles. The van der Waals surface area contributed by atoms with Crippen LogP contribution in [-0.2, 0) is 12.6 Å². The molecule has 0 amide bonds. The summed E-state index contributed by atoms with van der Waals surface area (Å²) < 4.78 is 46.4. The second-order valence-corrected chi connectivity index (χ2v) is 5.58. The van der Waals surface area contributed by atoms with Crippen LogP contribution < -0.4 is 10.3 Å². The van der Waals surface area contributed by atoms with Crippen LogP contribution in [0.1, 0.15) is 24.7 Å². The highest BCUT2D eigenvalue weighted by atomic mass is 19.4. The van der Waals surface area contributed by atoms with Crippen LogP contribution in [0.2, 0.25) is 0 Å². The van der Waals surface area contributed by atoms with Crippen molar-refractivity contribution in [2.75, 3.05) is 7.11 Å². The largest absolute Gasteiger partial charge is 0.497 e. The first kappa shape index (κ1) is 17.1. The van der Waals surface area contributed by atoms with Gasteiger partial charge in [-0.1, -0.05) is 25.5 Å². The minimum atomic E-state index is -4.65. The Bertz CT molecular complexity index is 956. The predicted molar refractivity (Wildman–Crippen MR) is 86.8 cm³/mol. The van der Waals surface area contributed by atoms with Crippen molar-refractivity contribution in [3.63, 3.8) is 0 Å². The number of halogens is 3. The summed E-state index contributed by atoms with van der Waals surface area (Å²) in [5.41, 5.74) is -0.990. The van der Waals surface area contributed by atoms with E-state index in [0.29, 0.717) is 23.4 Å². The Morgan fingerprint density at radius 3 is 2.48 bits per heavy atom. The molecule has 0 unspecified atom stereocenters. The van der Waals surface area contributed by atoms with E-state index in [0.717, 1.165) is 10.9 Å². The van der Waals surface area contributed by atoms with Crippen molar-refractivity contribution in [1.82, 2.24) is 14.6 Å². The van der Waals surface area contributed by atoms with Crippen LogP contribution in [0.25, 0.3) is 16.8 Å². The number of aryl methyl sites for hydroxylation is 1. The van der Waals surface area contributed by atoms with Crippen molar-refractivity contribution in [3.8, 4) is 16.9 Å². The van der Waals surface area contributed by atoms with Gasteiger partial charge in [0.05, 0.1) is 12.7 Å². The molecule has 0 saturated carbocycles. The van der Waals surface area contributed by atoms with Crippen molar-refractivity contribution >= 4 is 5.65 Å². The highest BCUT2D eigenvalue weighted by Crippen LogP contribution is 2.38. The topological polar surface area (TPSA) is 59.4 Å². The number of ether oxygens (including phenoxy) is 1. The third kappa shape index (κ3) is 3.11. The molecule has 0 saturated heterocycles. The summed E-state index contributed by atoms with van der Waals surface area (Å²) in [6.45, 7) is 1.91. The molecule has 3 aromatic rings. The quantitative estimate of drug-likeness (QED) is 0.780. The zero-order chi connectivity index (χ0) is 18.2. The number of alkyl halides is 3. The summed E-state index contributed by atoms with van der Waals surface area (Å²) >= 11 is 0. The van der Waals surface area contributed by atoms with Crippen molar-refractivity contribution in [2.24, 2.45) is 0 Å². The van der Waals surface area contributed by atoms with Gasteiger partial charge in [-0.05, 0) is 24.1 Å². The molecule has 1 aromatic carbocycles. The van der Waals surface area contributed by atoms with E-state index >= 15 is 0 Å². The summed E-state index contributed by atoms with van der Waals surface area (Å²) in [5, 5.41) is 2.15. The molecule has 0 fully saturated rings. The van der Waals surface area contributed by atoms with Gasteiger partial charge in [-0.25, -0.2) is 9.50 Å². The minimum Gasteiger partial charge on any atom is -0.497 e. The summed E-state index contributed by atoms with van der Waals surface area (Å²) in [4.78, 5) is 16.5. The van der Waals surface area contributed by atoms with E-state index < -0.39 is 17.4 Å². The number of hydrogen-bond donors (Lipinski definition) is 1. The molecule has 0 aliphatic rings. The molecule has 0 aliphatic carbocycles. The zero-order valence-corrected chi connectivity index (χ0v) is 13.6. The lowest BCUT2D eigenvalue weighted by Gasteiger charge is -2.08. The van der Waals surface area contributed by atoms with E-state index in [1.54, 1.807) is 12.1 Å². The Kier molecular flexibility index (Phi) is 4.28. The van der Waals surface area contributed by atoms with Crippen LogP contribution in [0, 0.1) is 0 Å². The van der Waals surface area contributed by atoms with Crippen LogP contribution in [0.15, 0.2) is 35.1 Å². The van der Waals surface area contributed by atoms with E-state index in [1.807, 2.05) is 6.92 Å². The number of H-pyrrole nitrogens is 1. The summed E-state index contributed by atoms with van der Waals surface area (Å²) in [7, 11) is 1.47. The molecule has 0 bridgehead atoms. The van der Waals surface area contributed by atoms with E-state index in [4.69, 9.17) is 4.74 Å². The van der Waals surface area contributed by atoms with Gasteiger partial charge < -0.3 is 4.74 Å². The van der Waals surface area contributed by atoms with Gasteiger partial charge in [0.1, 0.15) is 11.4 Å². The van der Waals surface area contributed by atoms with Crippen LogP contribution in [-0.4, -0.2) is 21.7 Å². The average Bonchev–Trinajstić information content (AvgIpc) is 2.95. The number of aromatic amines is 1. The Morgan fingerprint density at radius 1 is 1.24 bits per heavy atom. The highest BCUT2D eigenvalue weighted by molar-refractivity contribution is 5.80. The maximum absolute atomic E-state index is 13.5. The fourth-order valence-corrected chi connectivity index (χ4v) is 2.71. The summed E-state index contributed by atoms with van der Waals surface area (Å²) in [6, 6.07) is 7.40. The van der Waals surface area contributed by atoms with E-state index in [2.05, 4.69) is 10.1 Å². The van der Waals surface area contributed by atoms with Crippen molar-refractivity contribution in [3.05, 3.63) is 52.1 Å². The van der Waals surface area contributed by atoms with Gasteiger partial charge in [0.2, 0.25) is 0 Å². The Balaban J connectivity index is 2.33. The maximum Gasteiger partial charge on any atom is 0.433 e. The summed E-state index contributed by atoms with van der Waals surface area (Å²) in [5.74, 6) is 0.522. The van der Waals surface area contributed by atoms with Gasteiger partial charge >= 0.3 is 6.18 Å². The minimum absolute atomic E-state index is 0.0339. The zero-order valence-electron chi connectivity index (χ0n) is 13.6. The molecule has 0 atom stereocenters. The second-order valence-electron chi connectivity index (χ2n) is 5.58. The molecule has 5 nitrogen and oxygen atoms in total. The van der Waals surface area contributed by atoms with Crippen LogP contribution in [0.4, 0.5) is 13.2 Å². The standard InChI is InChI=1S/C17H16F3N3O2/c1-3-4-11-9-13(24)23-16(21-11)14(15(22-23)17(18,19)20)10-5-7-12(25-2)8-6-10/h5-9,22H,3-4H2,1-2H3. The maximum atomic E-state index is 13.5. The molecule has 8 heteroatoms. The van der Waals surface area contributed by atoms with Gasteiger partial charge in [-0.15, -0.1) is 0 Å². The van der Waals surface area contributed by atoms with Gasteiger partial charge in [0.25, 0.3) is 5.56 Å². The van der Waals surface area contributed by atoms with Crippen LogP contribution in [0.5, 0.6) is 5.75 Å². The smallest absolute Gasteiger partial charge is 0.433 e. The van der Waals surface area contributed by atoms with Gasteiger partial charge in [0, 0.05) is 11.8 Å². The van der Waals surface area contributed by atoms with Crippen molar-refractivity contribution < 1.29 is 17.9 Å². The second kappa shape index (κ2) is 6.27. The number of nitrogens with one attached hydrogen (secondary N) is 1. The van der Waals surface area contributed by atoms with E-state index in [-0.39, 0.29) is 11.2 Å². The molecule has 0 aliphatic heterocycles. The molecule has 2 aromatic heterocycles. The van der Waals surface area contributed by atoms with Crippen LogP contribution in [0.3, 0.4) is 0 Å². The monoisotopic (exact) mass is 351 g/mol. The number of nitrogens with zero attached hydrogens (tertiary/aromatic N) is 2. The fraction of sp³-hybridized carbons (Fsp3) is 0.294. The lowest BCUT2D eigenvalue weighted by atomic mass is 10.1. The van der Waals surface area contributed by atoms with Crippen LogP contribution >= 0.6 is 0 Å². The molecule has 0 radical (unpaired) electrons. The molecule has 132 valence electrons. The fourth-order valence-electron chi connectivity index (χ4n) is 2.71. The molecule has 0 spiro atoms. The number of hydrogen-bond acceptors (Lipinski definition) is 3. The Labute approximate surface area is 141 Å². The lowest BCUT2D eigenvalue weighted by Crippen LogP contribution is -2.16.